The van der Waals surface area contributed by atoms with Gasteiger partial charge in [0.05, 0.1) is 19.2 Å². The Labute approximate surface area is 78.2 Å². The molecule has 0 aromatic carbocycles. The van der Waals surface area contributed by atoms with Gasteiger partial charge in [0.25, 0.3) is 0 Å². The van der Waals surface area contributed by atoms with E-state index < -0.39 is 0 Å². The summed E-state index contributed by atoms with van der Waals surface area (Å²) in [6.45, 7) is 4.48. The topological polar surface area (TPSA) is 82.1 Å². The Morgan fingerprint density at radius 1 is 1.38 bits per heavy atom. The van der Waals surface area contributed by atoms with Crippen molar-refractivity contribution in [3.8, 4) is 6.07 Å². The minimum Gasteiger partial charge on any atom is -0.296 e. The van der Waals surface area contributed by atoms with Crippen LogP contribution in [0.2, 0.25) is 0 Å². The lowest BCUT2D eigenvalue weighted by atomic mass is 10.3. The second-order valence-electron chi connectivity index (χ2n) is 3.16. The summed E-state index contributed by atoms with van der Waals surface area (Å²) in [5, 5.41) is 8.41. The van der Waals surface area contributed by atoms with Crippen molar-refractivity contribution < 1.29 is 4.58 Å². The first-order valence-corrected chi connectivity index (χ1v) is 4.46. The van der Waals surface area contributed by atoms with Crippen molar-refractivity contribution >= 4 is 5.96 Å². The van der Waals surface area contributed by atoms with E-state index >= 15 is 0 Å². The Kier molecular flexibility index (Phi) is 3.53. The summed E-state index contributed by atoms with van der Waals surface area (Å²) >= 11 is 0. The average Bonchev–Trinajstić information content (AvgIpc) is 2.15. The molecule has 1 aliphatic heterocycles. The van der Waals surface area contributed by atoms with Crippen molar-refractivity contribution in [3.05, 3.63) is 0 Å². The third-order valence-corrected chi connectivity index (χ3v) is 2.28. The molecule has 5 nitrogen and oxygen atoms in total. The highest BCUT2D eigenvalue weighted by Gasteiger charge is 2.15. The first-order valence-electron chi connectivity index (χ1n) is 4.46. The van der Waals surface area contributed by atoms with Gasteiger partial charge < -0.3 is 0 Å². The van der Waals surface area contributed by atoms with Gasteiger partial charge in [-0.25, -0.2) is 0 Å². The fourth-order valence-corrected chi connectivity index (χ4v) is 1.44. The average molecular weight is 182 g/mol. The van der Waals surface area contributed by atoms with Gasteiger partial charge in [-0.15, -0.1) is 0 Å². The van der Waals surface area contributed by atoms with E-state index in [9.17, 15) is 0 Å². The number of nitrogens with two attached hydrogens (primary N) is 2. The Morgan fingerprint density at radius 2 is 2.00 bits per heavy atom. The molecule has 1 heterocycles. The van der Waals surface area contributed by atoms with Crippen LogP contribution in [0.25, 0.3) is 0 Å². The van der Waals surface area contributed by atoms with Gasteiger partial charge in [0.15, 0.2) is 0 Å². The third kappa shape index (κ3) is 2.92. The van der Waals surface area contributed by atoms with Crippen LogP contribution in [0, 0.1) is 11.3 Å². The van der Waals surface area contributed by atoms with Gasteiger partial charge in [-0.2, -0.15) is 5.26 Å². The minimum atomic E-state index is 0.403. The van der Waals surface area contributed by atoms with E-state index in [1.165, 1.54) is 0 Å². The number of guanidine groups is 1. The van der Waals surface area contributed by atoms with Crippen LogP contribution >= 0.6 is 0 Å². The molecule has 0 radical (unpaired) electrons. The SMILES string of the molecule is N#CCCN1CC[N+](=C(N)N)CC1. The first-order chi connectivity index (χ1) is 6.24. The highest BCUT2D eigenvalue weighted by atomic mass is 15.2. The van der Waals surface area contributed by atoms with E-state index in [4.69, 9.17) is 16.7 Å². The molecule has 0 aromatic heterocycles. The van der Waals surface area contributed by atoms with Gasteiger partial charge in [0.2, 0.25) is 0 Å². The molecule has 1 fully saturated rings. The Hall–Kier alpha value is -1.28. The van der Waals surface area contributed by atoms with E-state index in [2.05, 4.69) is 11.0 Å². The fraction of sp³-hybridized carbons (Fsp3) is 0.750. The maximum Gasteiger partial charge on any atom is 0.341 e. The third-order valence-electron chi connectivity index (χ3n) is 2.28. The molecule has 0 amide bonds. The van der Waals surface area contributed by atoms with Crippen LogP contribution in [-0.2, 0) is 0 Å². The molecule has 13 heavy (non-hydrogen) atoms. The number of hydrogen-bond donors (Lipinski definition) is 2. The molecule has 5 heteroatoms. The molecule has 0 aromatic rings. The lowest BCUT2D eigenvalue weighted by Crippen LogP contribution is -2.48. The number of nitriles is 1. The number of piperazine rings is 1. The van der Waals surface area contributed by atoms with Crippen molar-refractivity contribution in [2.75, 3.05) is 32.7 Å². The summed E-state index contributed by atoms with van der Waals surface area (Å²) in [7, 11) is 0. The van der Waals surface area contributed by atoms with Crippen LogP contribution < -0.4 is 11.5 Å². The van der Waals surface area contributed by atoms with E-state index in [1.54, 1.807) is 0 Å². The fourth-order valence-electron chi connectivity index (χ4n) is 1.44. The number of hydrogen-bond acceptors (Lipinski definition) is 2. The zero-order chi connectivity index (χ0) is 9.68. The molecular formula is C8H16N5+. The Morgan fingerprint density at radius 3 is 2.46 bits per heavy atom. The van der Waals surface area contributed by atoms with Crippen LogP contribution in [-0.4, -0.2) is 48.2 Å². The summed E-state index contributed by atoms with van der Waals surface area (Å²) in [4.78, 5) is 2.25. The first kappa shape index (κ1) is 9.81. The summed E-state index contributed by atoms with van der Waals surface area (Å²) in [5.41, 5.74) is 10.9. The van der Waals surface area contributed by atoms with Crippen LogP contribution in [0.15, 0.2) is 0 Å². The number of nitrogens with zero attached hydrogens (tertiary/aromatic N) is 3. The molecule has 0 spiro atoms. The van der Waals surface area contributed by atoms with Gasteiger partial charge >= 0.3 is 5.96 Å². The summed E-state index contributed by atoms with van der Waals surface area (Å²) in [6.07, 6.45) is 0.599. The van der Waals surface area contributed by atoms with E-state index in [0.29, 0.717) is 12.4 Å². The van der Waals surface area contributed by atoms with Gasteiger partial charge in [0.1, 0.15) is 0 Å². The highest BCUT2D eigenvalue weighted by molar-refractivity contribution is 5.70. The van der Waals surface area contributed by atoms with Gasteiger partial charge in [-0.3, -0.25) is 20.9 Å². The van der Waals surface area contributed by atoms with Gasteiger partial charge in [-0.1, -0.05) is 0 Å². The predicted molar refractivity (Wildman–Crippen MR) is 50.0 cm³/mol. The van der Waals surface area contributed by atoms with Crippen molar-refractivity contribution in [1.82, 2.24) is 4.90 Å². The molecule has 0 bridgehead atoms. The Balaban J connectivity index is 2.32. The van der Waals surface area contributed by atoms with Crippen LogP contribution in [0.1, 0.15) is 6.42 Å². The number of rotatable bonds is 2. The molecule has 0 unspecified atom stereocenters. The van der Waals surface area contributed by atoms with E-state index in [1.807, 2.05) is 4.58 Å². The minimum absolute atomic E-state index is 0.403. The summed E-state index contributed by atoms with van der Waals surface area (Å²) < 4.78 is 1.96. The van der Waals surface area contributed by atoms with Crippen molar-refractivity contribution in [2.24, 2.45) is 11.5 Å². The highest BCUT2D eigenvalue weighted by Crippen LogP contribution is 1.97. The van der Waals surface area contributed by atoms with Crippen molar-refractivity contribution in [1.29, 1.82) is 5.26 Å². The smallest absolute Gasteiger partial charge is 0.296 e. The maximum atomic E-state index is 8.41. The second kappa shape index (κ2) is 4.67. The largest absolute Gasteiger partial charge is 0.341 e. The van der Waals surface area contributed by atoms with Crippen LogP contribution in [0.5, 0.6) is 0 Å². The monoisotopic (exact) mass is 182 g/mol. The van der Waals surface area contributed by atoms with Crippen molar-refractivity contribution in [3.63, 3.8) is 0 Å². The molecule has 0 aliphatic carbocycles. The summed E-state index contributed by atoms with van der Waals surface area (Å²) in [6, 6.07) is 2.14. The predicted octanol–water partition coefficient (Wildman–Crippen LogP) is -1.50. The summed E-state index contributed by atoms with van der Waals surface area (Å²) in [5.74, 6) is 0.403. The lowest BCUT2D eigenvalue weighted by molar-refractivity contribution is -0.541. The van der Waals surface area contributed by atoms with Crippen LogP contribution in [0.3, 0.4) is 0 Å². The molecular weight excluding hydrogens is 166 g/mol. The standard InChI is InChI=1S/C8H15N5/c9-2-1-3-12-4-6-13(7-5-12)8(10)11/h1,3-7H2,(H3,10,11)/p+1. The molecule has 0 saturated carbocycles. The second-order valence-corrected chi connectivity index (χ2v) is 3.16. The molecule has 1 rings (SSSR count). The molecule has 72 valence electrons. The molecule has 1 aliphatic rings. The zero-order valence-electron chi connectivity index (χ0n) is 7.74. The van der Waals surface area contributed by atoms with E-state index in [-0.39, 0.29) is 0 Å². The van der Waals surface area contributed by atoms with Gasteiger partial charge in [0, 0.05) is 26.1 Å². The zero-order valence-corrected chi connectivity index (χ0v) is 7.74. The molecule has 4 N–H and O–H groups in total. The lowest BCUT2D eigenvalue weighted by Gasteiger charge is -2.26. The maximum absolute atomic E-state index is 8.41. The van der Waals surface area contributed by atoms with Gasteiger partial charge in [-0.05, 0) is 0 Å². The normalized spacial score (nSPS) is 18.2. The molecule has 1 saturated heterocycles. The quantitative estimate of drug-likeness (QED) is 0.402. The molecule has 0 atom stereocenters. The Bertz CT molecular complexity index is 225. The van der Waals surface area contributed by atoms with Crippen LogP contribution in [0.4, 0.5) is 0 Å². The van der Waals surface area contributed by atoms with E-state index in [0.717, 1.165) is 32.7 Å². The van der Waals surface area contributed by atoms with Crippen molar-refractivity contribution in [2.45, 2.75) is 6.42 Å².